The van der Waals surface area contributed by atoms with Crippen LogP contribution in [0.4, 0.5) is 10.1 Å². The Balaban J connectivity index is 1.77. The summed E-state index contributed by atoms with van der Waals surface area (Å²) in [7, 11) is 0. The van der Waals surface area contributed by atoms with Crippen molar-refractivity contribution < 1.29 is 9.18 Å². The molecule has 5 heteroatoms. The van der Waals surface area contributed by atoms with Gasteiger partial charge in [-0.1, -0.05) is 11.6 Å². The van der Waals surface area contributed by atoms with Crippen molar-refractivity contribution in [2.75, 3.05) is 18.4 Å². The third kappa shape index (κ3) is 3.98. The highest BCUT2D eigenvalue weighted by Crippen LogP contribution is 2.27. The predicted molar refractivity (Wildman–Crippen MR) is 65.6 cm³/mol. The molecular formula is C12H14ClFN2O. The molecule has 92 valence electrons. The van der Waals surface area contributed by atoms with Crippen LogP contribution >= 0.6 is 11.6 Å². The summed E-state index contributed by atoms with van der Waals surface area (Å²) >= 11 is 5.61. The number of carbonyl (C=O) groups is 1. The van der Waals surface area contributed by atoms with Crippen LogP contribution in [0.1, 0.15) is 12.8 Å². The van der Waals surface area contributed by atoms with Crippen molar-refractivity contribution >= 4 is 23.2 Å². The van der Waals surface area contributed by atoms with Crippen LogP contribution in [0.3, 0.4) is 0 Å². The molecular weight excluding hydrogens is 243 g/mol. The standard InChI is InChI=1S/C12H14ClFN2O/c13-10-5-9(3-4-11(10)14)16-12(17)7-15-6-8-1-2-8/h3-5,8,15H,1-2,6-7H2,(H,16,17). The lowest BCUT2D eigenvalue weighted by Crippen LogP contribution is -2.29. The van der Waals surface area contributed by atoms with E-state index >= 15 is 0 Å². The topological polar surface area (TPSA) is 41.1 Å². The number of hydrogen-bond donors (Lipinski definition) is 2. The van der Waals surface area contributed by atoms with Crippen molar-refractivity contribution in [1.82, 2.24) is 5.32 Å². The molecule has 0 radical (unpaired) electrons. The van der Waals surface area contributed by atoms with E-state index < -0.39 is 5.82 Å². The summed E-state index contributed by atoms with van der Waals surface area (Å²) in [5.74, 6) is 0.105. The summed E-state index contributed by atoms with van der Waals surface area (Å²) in [5, 5.41) is 5.73. The Labute approximate surface area is 104 Å². The van der Waals surface area contributed by atoms with E-state index in [1.807, 2.05) is 0 Å². The van der Waals surface area contributed by atoms with Gasteiger partial charge in [-0.25, -0.2) is 4.39 Å². The fourth-order valence-corrected chi connectivity index (χ4v) is 1.67. The van der Waals surface area contributed by atoms with Crippen LogP contribution in [-0.4, -0.2) is 19.0 Å². The second kappa shape index (κ2) is 5.47. The zero-order valence-corrected chi connectivity index (χ0v) is 10.1. The van der Waals surface area contributed by atoms with Gasteiger partial charge >= 0.3 is 0 Å². The minimum absolute atomic E-state index is 0.00809. The second-order valence-electron chi connectivity index (χ2n) is 4.25. The van der Waals surface area contributed by atoms with Crippen LogP contribution in [0.2, 0.25) is 5.02 Å². The van der Waals surface area contributed by atoms with Crippen molar-refractivity contribution in [3.05, 3.63) is 29.0 Å². The summed E-state index contributed by atoms with van der Waals surface area (Å²) in [6.07, 6.45) is 2.50. The molecule has 2 N–H and O–H groups in total. The van der Waals surface area contributed by atoms with E-state index in [0.717, 1.165) is 12.5 Å². The Morgan fingerprint density at radius 1 is 1.47 bits per heavy atom. The molecule has 0 unspecified atom stereocenters. The first-order valence-corrected chi connectivity index (χ1v) is 5.98. The average molecular weight is 257 g/mol. The quantitative estimate of drug-likeness (QED) is 0.850. The van der Waals surface area contributed by atoms with Gasteiger partial charge in [0.05, 0.1) is 11.6 Å². The second-order valence-corrected chi connectivity index (χ2v) is 4.66. The van der Waals surface area contributed by atoms with Crippen LogP contribution in [-0.2, 0) is 4.79 Å². The molecule has 1 aromatic carbocycles. The number of halogens is 2. The molecule has 17 heavy (non-hydrogen) atoms. The minimum atomic E-state index is -0.489. The maximum Gasteiger partial charge on any atom is 0.238 e. The molecule has 0 atom stereocenters. The molecule has 0 spiro atoms. The van der Waals surface area contributed by atoms with Gasteiger partial charge in [0.1, 0.15) is 5.82 Å². The highest BCUT2D eigenvalue weighted by Gasteiger charge is 2.20. The molecule has 1 fully saturated rings. The van der Waals surface area contributed by atoms with E-state index in [1.54, 1.807) is 0 Å². The normalized spacial score (nSPS) is 14.7. The number of nitrogens with one attached hydrogen (secondary N) is 2. The van der Waals surface area contributed by atoms with Crippen molar-refractivity contribution in [1.29, 1.82) is 0 Å². The number of carbonyl (C=O) groups excluding carboxylic acids is 1. The van der Waals surface area contributed by atoms with Gasteiger partial charge in [-0.05, 0) is 43.5 Å². The summed E-state index contributed by atoms with van der Waals surface area (Å²) in [5.41, 5.74) is 0.509. The lowest BCUT2D eigenvalue weighted by atomic mass is 10.3. The summed E-state index contributed by atoms with van der Waals surface area (Å²) < 4.78 is 12.9. The van der Waals surface area contributed by atoms with Gasteiger partial charge in [-0.2, -0.15) is 0 Å². The van der Waals surface area contributed by atoms with Gasteiger partial charge in [0.15, 0.2) is 0 Å². The van der Waals surface area contributed by atoms with Gasteiger partial charge in [0.25, 0.3) is 0 Å². The van der Waals surface area contributed by atoms with E-state index in [4.69, 9.17) is 11.6 Å². The van der Waals surface area contributed by atoms with Gasteiger partial charge in [-0.15, -0.1) is 0 Å². The molecule has 1 amide bonds. The first kappa shape index (κ1) is 12.3. The van der Waals surface area contributed by atoms with Gasteiger partial charge < -0.3 is 10.6 Å². The Bertz CT molecular complexity index is 421. The Hall–Kier alpha value is -1.13. The number of rotatable bonds is 5. The van der Waals surface area contributed by atoms with Gasteiger partial charge in [-0.3, -0.25) is 4.79 Å². The van der Waals surface area contributed by atoms with E-state index in [0.29, 0.717) is 5.69 Å². The van der Waals surface area contributed by atoms with E-state index in [-0.39, 0.29) is 17.5 Å². The zero-order valence-electron chi connectivity index (χ0n) is 9.30. The summed E-state index contributed by atoms with van der Waals surface area (Å²) in [6.45, 7) is 1.16. The van der Waals surface area contributed by atoms with E-state index in [2.05, 4.69) is 10.6 Å². The average Bonchev–Trinajstić information content (AvgIpc) is 3.07. The molecule has 3 nitrogen and oxygen atoms in total. The van der Waals surface area contributed by atoms with Gasteiger partial charge in [0.2, 0.25) is 5.91 Å². The summed E-state index contributed by atoms with van der Waals surface area (Å²) in [4.78, 5) is 11.5. The van der Waals surface area contributed by atoms with Crippen LogP contribution in [0.5, 0.6) is 0 Å². The van der Waals surface area contributed by atoms with Crippen LogP contribution in [0.25, 0.3) is 0 Å². The molecule has 1 aliphatic carbocycles. The smallest absolute Gasteiger partial charge is 0.238 e. The van der Waals surface area contributed by atoms with Crippen molar-refractivity contribution in [2.45, 2.75) is 12.8 Å². The highest BCUT2D eigenvalue weighted by atomic mass is 35.5. The first-order valence-electron chi connectivity index (χ1n) is 5.61. The maximum absolute atomic E-state index is 12.9. The zero-order chi connectivity index (χ0) is 12.3. The number of amides is 1. The number of anilines is 1. The molecule has 0 heterocycles. The largest absolute Gasteiger partial charge is 0.325 e. The third-order valence-electron chi connectivity index (χ3n) is 2.62. The van der Waals surface area contributed by atoms with E-state index in [9.17, 15) is 9.18 Å². The van der Waals surface area contributed by atoms with Crippen LogP contribution in [0.15, 0.2) is 18.2 Å². The lowest BCUT2D eigenvalue weighted by molar-refractivity contribution is -0.115. The van der Waals surface area contributed by atoms with Crippen LogP contribution in [0, 0.1) is 11.7 Å². The monoisotopic (exact) mass is 256 g/mol. The Morgan fingerprint density at radius 2 is 2.24 bits per heavy atom. The predicted octanol–water partition coefficient (Wildman–Crippen LogP) is 2.42. The molecule has 1 aliphatic rings. The summed E-state index contributed by atoms with van der Waals surface area (Å²) in [6, 6.07) is 4.12. The molecule has 0 saturated heterocycles. The minimum Gasteiger partial charge on any atom is -0.325 e. The molecule has 0 aromatic heterocycles. The van der Waals surface area contributed by atoms with Crippen molar-refractivity contribution in [2.24, 2.45) is 5.92 Å². The lowest BCUT2D eigenvalue weighted by Gasteiger charge is -2.06. The maximum atomic E-state index is 12.9. The Morgan fingerprint density at radius 3 is 2.88 bits per heavy atom. The fraction of sp³-hybridized carbons (Fsp3) is 0.417. The van der Waals surface area contributed by atoms with Crippen LogP contribution < -0.4 is 10.6 Å². The number of benzene rings is 1. The SMILES string of the molecule is O=C(CNCC1CC1)Nc1ccc(F)c(Cl)c1. The first-order chi connectivity index (χ1) is 8.15. The highest BCUT2D eigenvalue weighted by molar-refractivity contribution is 6.31. The molecule has 1 saturated carbocycles. The number of hydrogen-bond acceptors (Lipinski definition) is 2. The van der Waals surface area contributed by atoms with Crippen molar-refractivity contribution in [3.8, 4) is 0 Å². The molecule has 0 aliphatic heterocycles. The fourth-order valence-electron chi connectivity index (χ4n) is 1.49. The molecule has 0 bridgehead atoms. The molecule has 1 aromatic rings. The van der Waals surface area contributed by atoms with E-state index in [1.165, 1.54) is 31.0 Å². The van der Waals surface area contributed by atoms with Crippen molar-refractivity contribution in [3.63, 3.8) is 0 Å². The Kier molecular flexibility index (Phi) is 3.97. The van der Waals surface area contributed by atoms with Gasteiger partial charge in [0, 0.05) is 5.69 Å². The molecule has 2 rings (SSSR count). The third-order valence-corrected chi connectivity index (χ3v) is 2.91.